The topological polar surface area (TPSA) is 50.1 Å². The lowest BCUT2D eigenvalue weighted by Gasteiger charge is -2.19. The van der Waals surface area contributed by atoms with Gasteiger partial charge in [-0.25, -0.2) is 0 Å². The third-order valence-corrected chi connectivity index (χ3v) is 3.60. The van der Waals surface area contributed by atoms with Gasteiger partial charge in [-0.1, -0.05) is 32.4 Å². The van der Waals surface area contributed by atoms with E-state index in [4.69, 9.17) is 16.3 Å². The molecule has 0 spiro atoms. The number of carbonyl (C=O) groups is 1. The van der Waals surface area contributed by atoms with Crippen molar-refractivity contribution in [2.75, 3.05) is 7.11 Å². The Morgan fingerprint density at radius 3 is 2.47 bits per heavy atom. The molecule has 102 valence electrons. The van der Waals surface area contributed by atoms with Crippen molar-refractivity contribution in [1.82, 2.24) is 0 Å². The van der Waals surface area contributed by atoms with E-state index in [-0.39, 0.29) is 17.6 Å². The number of hydrogen-bond donors (Lipinski definition) is 0. The largest absolute Gasteiger partial charge is 0.496 e. The van der Waals surface area contributed by atoms with Crippen LogP contribution in [0.3, 0.4) is 0 Å². The van der Waals surface area contributed by atoms with E-state index in [1.807, 2.05) is 20.8 Å². The maximum atomic E-state index is 12.4. The molecule has 0 aliphatic rings. The molecule has 1 aromatic carbocycles. The predicted molar refractivity (Wildman–Crippen MR) is 75.4 cm³/mol. The summed E-state index contributed by atoms with van der Waals surface area (Å²) in [6.07, 6.45) is 0. The van der Waals surface area contributed by atoms with Crippen molar-refractivity contribution in [1.29, 1.82) is 5.26 Å². The summed E-state index contributed by atoms with van der Waals surface area (Å²) in [5, 5.41) is 9.81. The summed E-state index contributed by atoms with van der Waals surface area (Å²) in [5.41, 5.74) is 0.537. The number of ketones is 1. The summed E-state index contributed by atoms with van der Waals surface area (Å²) >= 11 is 5.95. The highest BCUT2D eigenvalue weighted by atomic mass is 35.5. The predicted octanol–water partition coefficient (Wildman–Crippen LogP) is 3.82. The van der Waals surface area contributed by atoms with Crippen molar-refractivity contribution in [3.05, 3.63) is 28.8 Å². The van der Waals surface area contributed by atoms with Crippen LogP contribution in [0.4, 0.5) is 0 Å². The van der Waals surface area contributed by atoms with Crippen LogP contribution in [0.1, 0.15) is 32.3 Å². The number of nitriles is 1. The molecule has 0 aliphatic carbocycles. The second-order valence-corrected chi connectivity index (χ2v) is 5.32. The molecule has 3 nitrogen and oxygen atoms in total. The van der Waals surface area contributed by atoms with Crippen LogP contribution in [-0.4, -0.2) is 12.9 Å². The van der Waals surface area contributed by atoms with Gasteiger partial charge in [0.2, 0.25) is 0 Å². The zero-order valence-corrected chi connectivity index (χ0v) is 12.4. The Morgan fingerprint density at radius 2 is 2.00 bits per heavy atom. The van der Waals surface area contributed by atoms with Crippen LogP contribution in [0, 0.1) is 23.2 Å². The quantitative estimate of drug-likeness (QED) is 0.823. The minimum absolute atomic E-state index is 0.0990. The van der Waals surface area contributed by atoms with Crippen molar-refractivity contribution in [2.45, 2.75) is 26.7 Å². The molecule has 0 saturated carbocycles. The zero-order valence-electron chi connectivity index (χ0n) is 11.6. The van der Waals surface area contributed by atoms with Crippen LogP contribution in [0.15, 0.2) is 18.2 Å². The lowest BCUT2D eigenvalue weighted by atomic mass is 9.83. The molecule has 19 heavy (non-hydrogen) atoms. The fraction of sp³-hybridized carbons (Fsp3) is 0.467. The molecule has 0 saturated heterocycles. The second-order valence-electron chi connectivity index (χ2n) is 4.88. The lowest BCUT2D eigenvalue weighted by molar-refractivity contribution is -0.123. The van der Waals surface area contributed by atoms with Gasteiger partial charge < -0.3 is 4.74 Å². The minimum Gasteiger partial charge on any atom is -0.496 e. The molecule has 0 N–H and O–H groups in total. The Kier molecular flexibility index (Phi) is 5.38. The number of methoxy groups -OCH3 is 1. The zero-order chi connectivity index (χ0) is 14.6. The number of carbonyl (C=O) groups excluding carboxylic acids is 1. The van der Waals surface area contributed by atoms with Gasteiger partial charge in [-0.15, -0.1) is 0 Å². The van der Waals surface area contributed by atoms with Gasteiger partial charge in [-0.2, -0.15) is 5.26 Å². The van der Waals surface area contributed by atoms with Gasteiger partial charge in [0.25, 0.3) is 0 Å². The van der Waals surface area contributed by atoms with Crippen molar-refractivity contribution >= 4 is 17.4 Å². The first-order chi connectivity index (χ1) is 8.92. The molecule has 0 amide bonds. The first-order valence-corrected chi connectivity index (χ1v) is 6.57. The fourth-order valence-corrected chi connectivity index (χ4v) is 1.99. The molecule has 0 heterocycles. The molecule has 2 atom stereocenters. The average Bonchev–Trinajstić information content (AvgIpc) is 2.38. The number of hydrogen-bond acceptors (Lipinski definition) is 3. The first-order valence-electron chi connectivity index (χ1n) is 6.19. The van der Waals surface area contributed by atoms with Crippen LogP contribution in [-0.2, 0) is 4.79 Å². The van der Waals surface area contributed by atoms with Gasteiger partial charge in [0.15, 0.2) is 5.78 Å². The maximum Gasteiger partial charge on any atom is 0.157 e. The number of benzene rings is 1. The molecule has 0 aliphatic heterocycles. The van der Waals surface area contributed by atoms with Crippen LogP contribution in [0.2, 0.25) is 5.02 Å². The molecular weight excluding hydrogens is 262 g/mol. The number of halogens is 1. The van der Waals surface area contributed by atoms with Crippen LogP contribution in [0.25, 0.3) is 0 Å². The van der Waals surface area contributed by atoms with Crippen molar-refractivity contribution in [3.8, 4) is 11.8 Å². The van der Waals surface area contributed by atoms with Crippen LogP contribution < -0.4 is 4.74 Å². The van der Waals surface area contributed by atoms with E-state index < -0.39 is 5.92 Å². The smallest absolute Gasteiger partial charge is 0.157 e. The third kappa shape index (κ3) is 3.48. The maximum absolute atomic E-state index is 12.4. The van der Waals surface area contributed by atoms with Crippen molar-refractivity contribution < 1.29 is 9.53 Å². The third-order valence-electron chi connectivity index (χ3n) is 3.37. The van der Waals surface area contributed by atoms with Crippen LogP contribution >= 0.6 is 11.6 Å². The number of rotatable bonds is 5. The molecule has 1 rings (SSSR count). The van der Waals surface area contributed by atoms with Gasteiger partial charge in [-0.05, 0) is 24.1 Å². The summed E-state index contributed by atoms with van der Waals surface area (Å²) < 4.78 is 5.21. The Labute approximate surface area is 119 Å². The number of nitrogens with zero attached hydrogens (tertiary/aromatic N) is 1. The molecule has 4 heteroatoms. The summed E-state index contributed by atoms with van der Waals surface area (Å²) in [6.45, 7) is 5.77. The van der Waals surface area contributed by atoms with Crippen molar-refractivity contribution in [2.24, 2.45) is 11.8 Å². The van der Waals surface area contributed by atoms with Gasteiger partial charge in [0.1, 0.15) is 11.7 Å². The normalized spacial score (nSPS) is 13.7. The second kappa shape index (κ2) is 6.58. The summed E-state index contributed by atoms with van der Waals surface area (Å²) in [4.78, 5) is 12.4. The SMILES string of the molecule is COc1ccc(Cl)cc1C(C#N)C(=O)C(C)C(C)C. The Hall–Kier alpha value is -1.53. The fourth-order valence-electron chi connectivity index (χ4n) is 1.81. The number of ether oxygens (including phenoxy) is 1. The first kappa shape index (κ1) is 15.5. The van der Waals surface area contributed by atoms with E-state index in [0.717, 1.165) is 0 Å². The van der Waals surface area contributed by atoms with Crippen LogP contribution in [0.5, 0.6) is 5.75 Å². The van der Waals surface area contributed by atoms with E-state index in [0.29, 0.717) is 16.3 Å². The summed E-state index contributed by atoms with van der Waals surface area (Å²) in [6, 6.07) is 7.04. The van der Waals surface area contributed by atoms with Gasteiger partial charge in [-0.3, -0.25) is 4.79 Å². The molecule has 1 aromatic rings. The molecule has 0 bridgehead atoms. The van der Waals surface area contributed by atoms with E-state index in [9.17, 15) is 10.1 Å². The molecule has 2 unspecified atom stereocenters. The van der Waals surface area contributed by atoms with Gasteiger partial charge in [0, 0.05) is 16.5 Å². The Bertz CT molecular complexity index is 505. The van der Waals surface area contributed by atoms with Gasteiger partial charge >= 0.3 is 0 Å². The highest BCUT2D eigenvalue weighted by Crippen LogP contribution is 2.32. The minimum atomic E-state index is -0.842. The van der Waals surface area contributed by atoms with E-state index in [2.05, 4.69) is 6.07 Å². The van der Waals surface area contributed by atoms with Gasteiger partial charge in [0.05, 0.1) is 13.2 Å². The Balaban J connectivity index is 3.21. The van der Waals surface area contributed by atoms with E-state index in [1.165, 1.54) is 7.11 Å². The Morgan fingerprint density at radius 1 is 1.37 bits per heavy atom. The monoisotopic (exact) mass is 279 g/mol. The van der Waals surface area contributed by atoms with Crippen molar-refractivity contribution in [3.63, 3.8) is 0 Å². The number of Topliss-reactive ketones (excluding diaryl/α,β-unsaturated/α-hetero) is 1. The average molecular weight is 280 g/mol. The van der Waals surface area contributed by atoms with E-state index in [1.54, 1.807) is 18.2 Å². The lowest BCUT2D eigenvalue weighted by Crippen LogP contribution is -2.23. The summed E-state index contributed by atoms with van der Waals surface area (Å²) in [7, 11) is 1.51. The molecule has 0 aromatic heterocycles. The standard InChI is InChI=1S/C15H18ClNO2/c1-9(2)10(3)15(18)13(8-17)12-7-11(16)5-6-14(12)19-4/h5-7,9-10,13H,1-4H3. The molecule has 0 radical (unpaired) electrons. The highest BCUT2D eigenvalue weighted by molar-refractivity contribution is 6.30. The molecule has 0 fully saturated rings. The molecular formula is C15H18ClNO2. The summed E-state index contributed by atoms with van der Waals surface area (Å²) in [5.74, 6) is -0.425. The van der Waals surface area contributed by atoms with E-state index >= 15 is 0 Å². The highest BCUT2D eigenvalue weighted by Gasteiger charge is 2.29.